The highest BCUT2D eigenvalue weighted by molar-refractivity contribution is 5.98. The fraction of sp³-hybridized carbons (Fsp3) is 0.176. The van der Waals surface area contributed by atoms with E-state index in [-0.39, 0.29) is 11.3 Å². The number of esters is 1. The summed E-state index contributed by atoms with van der Waals surface area (Å²) >= 11 is 0. The summed E-state index contributed by atoms with van der Waals surface area (Å²) in [5.74, 6) is -0.683. The van der Waals surface area contributed by atoms with Gasteiger partial charge in [-0.15, -0.1) is 0 Å². The Bertz CT molecular complexity index is 717. The minimum Gasteiger partial charge on any atom is -0.497 e. The van der Waals surface area contributed by atoms with Crippen LogP contribution in [0, 0.1) is 13.8 Å². The third kappa shape index (κ3) is 3.44. The van der Waals surface area contributed by atoms with E-state index in [9.17, 15) is 9.59 Å². The predicted molar refractivity (Wildman–Crippen MR) is 82.4 cm³/mol. The average Bonchev–Trinajstić information content (AvgIpc) is 2.45. The van der Waals surface area contributed by atoms with Gasteiger partial charge in [0.1, 0.15) is 11.5 Å². The molecule has 2 rings (SSSR count). The first-order valence-electron chi connectivity index (χ1n) is 6.69. The van der Waals surface area contributed by atoms with E-state index in [0.29, 0.717) is 11.3 Å². The number of nitrogens with two attached hydrogens (primary N) is 1. The zero-order valence-electron chi connectivity index (χ0n) is 12.7. The molecule has 0 aromatic heterocycles. The second-order valence-corrected chi connectivity index (χ2v) is 4.99. The summed E-state index contributed by atoms with van der Waals surface area (Å²) in [4.78, 5) is 23.7. The van der Waals surface area contributed by atoms with Gasteiger partial charge >= 0.3 is 5.97 Å². The second-order valence-electron chi connectivity index (χ2n) is 4.99. The number of carbonyl (C=O) groups excluding carboxylic acids is 2. The highest BCUT2D eigenvalue weighted by Gasteiger charge is 2.16. The number of aryl methyl sites for hydroxylation is 2. The summed E-state index contributed by atoms with van der Waals surface area (Å²) < 4.78 is 10.4. The number of ether oxygens (including phenoxy) is 2. The van der Waals surface area contributed by atoms with Crippen LogP contribution in [0.3, 0.4) is 0 Å². The molecule has 0 saturated heterocycles. The van der Waals surface area contributed by atoms with Crippen LogP contribution in [0.15, 0.2) is 36.4 Å². The van der Waals surface area contributed by atoms with Crippen molar-refractivity contribution < 1.29 is 19.1 Å². The van der Waals surface area contributed by atoms with Crippen molar-refractivity contribution in [1.82, 2.24) is 0 Å². The summed E-state index contributed by atoms with van der Waals surface area (Å²) in [5, 5.41) is 0. The molecular weight excluding hydrogens is 282 g/mol. The van der Waals surface area contributed by atoms with Crippen molar-refractivity contribution in [2.24, 2.45) is 5.73 Å². The molecule has 0 bridgehead atoms. The number of rotatable bonds is 4. The molecule has 0 aliphatic carbocycles. The highest BCUT2D eigenvalue weighted by atomic mass is 16.5. The molecule has 0 fully saturated rings. The summed E-state index contributed by atoms with van der Waals surface area (Å²) in [5.41, 5.74) is 7.74. The van der Waals surface area contributed by atoms with Gasteiger partial charge in [-0.25, -0.2) is 4.79 Å². The van der Waals surface area contributed by atoms with E-state index in [1.165, 1.54) is 19.2 Å². The largest absolute Gasteiger partial charge is 0.497 e. The zero-order chi connectivity index (χ0) is 16.3. The maximum atomic E-state index is 12.3. The average molecular weight is 299 g/mol. The Balaban J connectivity index is 2.36. The van der Waals surface area contributed by atoms with Crippen LogP contribution >= 0.6 is 0 Å². The van der Waals surface area contributed by atoms with E-state index >= 15 is 0 Å². The molecule has 1 amide bonds. The molecule has 0 saturated carbocycles. The maximum absolute atomic E-state index is 12.3. The van der Waals surface area contributed by atoms with Gasteiger partial charge in [-0.05, 0) is 38.1 Å². The number of carbonyl (C=O) groups is 2. The van der Waals surface area contributed by atoms with Crippen LogP contribution in [-0.4, -0.2) is 19.0 Å². The van der Waals surface area contributed by atoms with Gasteiger partial charge < -0.3 is 15.2 Å². The molecule has 0 spiro atoms. The number of amides is 1. The Kier molecular flexibility index (Phi) is 4.46. The number of methoxy groups -OCH3 is 1. The van der Waals surface area contributed by atoms with E-state index in [4.69, 9.17) is 15.2 Å². The fourth-order valence-electron chi connectivity index (χ4n) is 2.17. The van der Waals surface area contributed by atoms with E-state index in [1.54, 1.807) is 18.2 Å². The van der Waals surface area contributed by atoms with E-state index in [0.717, 1.165) is 11.1 Å². The molecule has 22 heavy (non-hydrogen) atoms. The molecule has 2 aromatic rings. The molecule has 0 aliphatic heterocycles. The highest BCUT2D eigenvalue weighted by Crippen LogP contribution is 2.25. The van der Waals surface area contributed by atoms with Gasteiger partial charge in [0.15, 0.2) is 0 Å². The lowest BCUT2D eigenvalue weighted by molar-refractivity contribution is 0.0732. The number of hydrogen-bond acceptors (Lipinski definition) is 4. The Labute approximate surface area is 128 Å². The SMILES string of the molecule is COc1ccc(C(N)=O)c(OC(=O)c2cc(C)cc(C)c2)c1. The van der Waals surface area contributed by atoms with Crippen molar-refractivity contribution in [3.63, 3.8) is 0 Å². The smallest absolute Gasteiger partial charge is 0.343 e. The van der Waals surface area contributed by atoms with Crippen LogP contribution < -0.4 is 15.2 Å². The van der Waals surface area contributed by atoms with Crippen LogP contribution in [0.1, 0.15) is 31.8 Å². The topological polar surface area (TPSA) is 78.6 Å². The van der Waals surface area contributed by atoms with Gasteiger partial charge in [0.05, 0.1) is 18.2 Å². The van der Waals surface area contributed by atoms with Gasteiger partial charge in [0.25, 0.3) is 5.91 Å². The number of hydrogen-bond donors (Lipinski definition) is 1. The van der Waals surface area contributed by atoms with Crippen molar-refractivity contribution >= 4 is 11.9 Å². The van der Waals surface area contributed by atoms with Crippen molar-refractivity contribution in [3.8, 4) is 11.5 Å². The third-order valence-corrected chi connectivity index (χ3v) is 3.11. The molecule has 0 unspecified atom stereocenters. The first-order valence-corrected chi connectivity index (χ1v) is 6.69. The predicted octanol–water partition coefficient (Wildman–Crippen LogP) is 2.63. The minimum atomic E-state index is -0.675. The lowest BCUT2D eigenvalue weighted by atomic mass is 10.1. The molecule has 0 aliphatic rings. The number of primary amides is 1. The Morgan fingerprint density at radius 3 is 2.18 bits per heavy atom. The molecule has 5 nitrogen and oxygen atoms in total. The standard InChI is InChI=1S/C17H17NO4/c1-10-6-11(2)8-12(7-10)17(20)22-15-9-13(21-3)4-5-14(15)16(18)19/h4-9H,1-3H3,(H2,18,19). The molecule has 114 valence electrons. The van der Waals surface area contributed by atoms with Gasteiger partial charge in [0, 0.05) is 6.07 Å². The van der Waals surface area contributed by atoms with Gasteiger partial charge in [-0.1, -0.05) is 17.2 Å². The Morgan fingerprint density at radius 2 is 1.64 bits per heavy atom. The fourth-order valence-corrected chi connectivity index (χ4v) is 2.17. The first kappa shape index (κ1) is 15.6. The van der Waals surface area contributed by atoms with E-state index in [1.807, 2.05) is 19.9 Å². The van der Waals surface area contributed by atoms with Crippen molar-refractivity contribution in [2.45, 2.75) is 13.8 Å². The quantitative estimate of drug-likeness (QED) is 0.695. The van der Waals surface area contributed by atoms with Crippen LogP contribution in [-0.2, 0) is 0 Å². The van der Waals surface area contributed by atoms with Crippen LogP contribution in [0.5, 0.6) is 11.5 Å². The van der Waals surface area contributed by atoms with Crippen LogP contribution in [0.25, 0.3) is 0 Å². The maximum Gasteiger partial charge on any atom is 0.343 e. The van der Waals surface area contributed by atoms with Crippen molar-refractivity contribution in [2.75, 3.05) is 7.11 Å². The van der Waals surface area contributed by atoms with Gasteiger partial charge in [-0.3, -0.25) is 4.79 Å². The molecule has 5 heteroatoms. The summed E-state index contributed by atoms with van der Waals surface area (Å²) in [6.45, 7) is 3.79. The van der Waals surface area contributed by atoms with Gasteiger partial charge in [-0.2, -0.15) is 0 Å². The Hall–Kier alpha value is -2.82. The van der Waals surface area contributed by atoms with E-state index < -0.39 is 11.9 Å². The third-order valence-electron chi connectivity index (χ3n) is 3.11. The lowest BCUT2D eigenvalue weighted by Crippen LogP contribution is -2.16. The van der Waals surface area contributed by atoms with Gasteiger partial charge in [0.2, 0.25) is 0 Å². The molecule has 0 radical (unpaired) electrons. The molecule has 0 atom stereocenters. The molecular formula is C17H17NO4. The second kappa shape index (κ2) is 6.30. The normalized spacial score (nSPS) is 10.1. The Morgan fingerprint density at radius 1 is 1.00 bits per heavy atom. The van der Waals surface area contributed by atoms with Crippen LogP contribution in [0.2, 0.25) is 0 Å². The zero-order valence-corrected chi connectivity index (χ0v) is 12.7. The van der Waals surface area contributed by atoms with Crippen LogP contribution in [0.4, 0.5) is 0 Å². The van der Waals surface area contributed by atoms with Crippen molar-refractivity contribution in [1.29, 1.82) is 0 Å². The summed E-state index contributed by atoms with van der Waals surface area (Å²) in [7, 11) is 1.48. The summed E-state index contributed by atoms with van der Waals surface area (Å²) in [6.07, 6.45) is 0. The monoisotopic (exact) mass is 299 g/mol. The van der Waals surface area contributed by atoms with E-state index in [2.05, 4.69) is 0 Å². The summed E-state index contributed by atoms with van der Waals surface area (Å²) in [6, 6.07) is 9.90. The first-order chi connectivity index (χ1) is 10.4. The lowest BCUT2D eigenvalue weighted by Gasteiger charge is -2.10. The van der Waals surface area contributed by atoms with Crippen molar-refractivity contribution in [3.05, 3.63) is 58.7 Å². The number of benzene rings is 2. The molecule has 2 N–H and O–H groups in total. The minimum absolute atomic E-state index is 0.0796. The molecule has 2 aromatic carbocycles. The molecule has 0 heterocycles.